The molecule has 0 aliphatic carbocycles. The molecule has 16 nitrogen and oxygen atoms in total. The van der Waals surface area contributed by atoms with Gasteiger partial charge in [0.2, 0.25) is 0 Å². The number of methoxy groups -OCH3 is 1. The fourth-order valence-electron chi connectivity index (χ4n) is 7.00. The molecule has 16 heteroatoms. The molecule has 0 saturated carbocycles. The Morgan fingerprint density at radius 3 is 1.59 bits per heavy atom. The molecule has 3 aromatic rings. The van der Waals surface area contributed by atoms with Crippen LogP contribution >= 0.6 is 0 Å². The first-order valence-electron chi connectivity index (χ1n) is 21.1. The molecule has 1 aliphatic heterocycles. The molecule has 0 aromatic heterocycles. The normalized spacial score (nSPS) is 14.2. The minimum Gasteiger partial charge on any atom is -0.481 e. The lowest BCUT2D eigenvalue weighted by Crippen LogP contribution is -2.55. The highest BCUT2D eigenvalue weighted by atomic mass is 16.7. The van der Waals surface area contributed by atoms with Gasteiger partial charge in [0.1, 0.15) is 0 Å². The van der Waals surface area contributed by atoms with Crippen LogP contribution < -0.4 is 0 Å². The number of carbonyl (C=O) groups is 8. The zero-order chi connectivity index (χ0) is 48.3. The summed E-state index contributed by atoms with van der Waals surface area (Å²) in [4.78, 5) is 93.0. The number of aromatic carboxylic acids is 2. The van der Waals surface area contributed by atoms with Crippen LogP contribution in [0.15, 0.2) is 72.8 Å². The van der Waals surface area contributed by atoms with Gasteiger partial charge in [-0.15, -0.1) is 0 Å². The van der Waals surface area contributed by atoms with E-state index in [-0.39, 0.29) is 30.4 Å². The van der Waals surface area contributed by atoms with E-state index in [1.54, 1.807) is 48.5 Å². The quantitative estimate of drug-likeness (QED) is 0.0499. The van der Waals surface area contributed by atoms with Crippen LogP contribution in [0.2, 0.25) is 0 Å². The zero-order valence-electron chi connectivity index (χ0n) is 37.2. The molecule has 1 heterocycles. The standard InChI is InChI=1S/C19H24O6.C15H18O6.C14H18O4/c1-5-6-10-19(16(21)24-18(2,3)25-17(19)22)12-13-8-7-9-14(11-13)15(20)23-4;1-2-3-7-15(13(18)19,14(20)21)9-10-5-4-6-11(8-10)12(16)17;1-2-3-6-11(13(15)16)8-10-5-4-7-12(9-10)14(17)18/h7-9,11H,5-6,10,12H2,1-4H3;4-6,8H,2-3,7,9H2,1H3,(H,16,17)(H,18,19)(H,20,21);4-5,7,9,11H,2-3,6,8H2,1H3,(H,15,16)(H,17,18). The number of benzene rings is 3. The Morgan fingerprint density at radius 1 is 0.656 bits per heavy atom. The number of aliphatic carboxylic acids is 3. The number of hydrogen-bond donors (Lipinski definition) is 5. The molecule has 64 heavy (non-hydrogen) atoms. The maximum atomic E-state index is 12.7. The van der Waals surface area contributed by atoms with Crippen molar-refractivity contribution in [1.29, 1.82) is 0 Å². The summed E-state index contributed by atoms with van der Waals surface area (Å²) in [6.07, 6.45) is 5.72. The van der Waals surface area contributed by atoms with Gasteiger partial charge in [-0.05, 0) is 91.6 Å². The molecule has 1 aliphatic rings. The van der Waals surface area contributed by atoms with Gasteiger partial charge in [0.15, 0.2) is 10.8 Å². The first-order valence-corrected chi connectivity index (χ1v) is 21.1. The van der Waals surface area contributed by atoms with Gasteiger partial charge in [-0.1, -0.05) is 95.7 Å². The lowest BCUT2D eigenvalue weighted by atomic mass is 9.76. The molecule has 0 radical (unpaired) electrons. The number of unbranched alkanes of at least 4 members (excludes halogenated alkanes) is 3. The Bertz CT molecular complexity index is 2090. The molecule has 0 amide bonds. The third-order valence-electron chi connectivity index (χ3n) is 10.6. The van der Waals surface area contributed by atoms with Crippen molar-refractivity contribution < 1.29 is 78.1 Å². The van der Waals surface area contributed by atoms with E-state index in [2.05, 4.69) is 0 Å². The van der Waals surface area contributed by atoms with Gasteiger partial charge in [-0.2, -0.15) is 0 Å². The number of cyclic esters (lactones) is 2. The second kappa shape index (κ2) is 24.9. The number of ether oxygens (including phenoxy) is 3. The minimum absolute atomic E-state index is 0.00542. The fourth-order valence-corrected chi connectivity index (χ4v) is 7.00. The van der Waals surface area contributed by atoms with Crippen LogP contribution in [0.1, 0.15) is 140 Å². The summed E-state index contributed by atoms with van der Waals surface area (Å²) in [7, 11) is 1.30. The highest BCUT2D eigenvalue weighted by Gasteiger charge is 2.55. The van der Waals surface area contributed by atoms with Gasteiger partial charge >= 0.3 is 47.8 Å². The van der Waals surface area contributed by atoms with E-state index in [0.29, 0.717) is 55.2 Å². The number of carbonyl (C=O) groups excluding carboxylic acids is 3. The lowest BCUT2D eigenvalue weighted by molar-refractivity contribution is -0.251. The van der Waals surface area contributed by atoms with Crippen molar-refractivity contribution in [3.05, 3.63) is 106 Å². The van der Waals surface area contributed by atoms with Crippen molar-refractivity contribution in [3.8, 4) is 0 Å². The Kier molecular flexibility index (Phi) is 20.8. The molecule has 348 valence electrons. The second-order valence-electron chi connectivity index (χ2n) is 16.1. The predicted molar refractivity (Wildman–Crippen MR) is 232 cm³/mol. The average molecular weight is 893 g/mol. The molecule has 4 rings (SSSR count). The van der Waals surface area contributed by atoms with Crippen LogP contribution in [0.5, 0.6) is 0 Å². The SMILES string of the molecule is CCCCC(Cc1cccc(C(=O)O)c1)(C(=O)O)C(=O)O.CCCCC(Cc1cccc(C(=O)O)c1)C(=O)O.CCCCC1(Cc2cccc(C(=O)OC)c2)C(=O)OC(C)(C)OC1=O. The first kappa shape index (κ1) is 53.6. The highest BCUT2D eigenvalue weighted by Crippen LogP contribution is 2.40. The third kappa shape index (κ3) is 15.3. The van der Waals surface area contributed by atoms with E-state index in [1.165, 1.54) is 45.2 Å². The van der Waals surface area contributed by atoms with Crippen LogP contribution in [-0.4, -0.2) is 86.2 Å². The topological polar surface area (TPSA) is 265 Å². The zero-order valence-corrected chi connectivity index (χ0v) is 37.2. The van der Waals surface area contributed by atoms with Gasteiger partial charge in [0.05, 0.1) is 29.7 Å². The molecule has 1 atom stereocenters. The number of esters is 3. The summed E-state index contributed by atoms with van der Waals surface area (Å²) in [5.74, 6) is -9.07. The Morgan fingerprint density at radius 2 is 1.12 bits per heavy atom. The molecule has 1 fully saturated rings. The Hall–Kier alpha value is -6.58. The van der Waals surface area contributed by atoms with E-state index in [4.69, 9.17) is 29.5 Å². The molecule has 0 spiro atoms. The van der Waals surface area contributed by atoms with Crippen molar-refractivity contribution in [2.75, 3.05) is 7.11 Å². The maximum Gasteiger partial charge on any atom is 0.337 e. The van der Waals surface area contributed by atoms with Crippen molar-refractivity contribution in [1.82, 2.24) is 0 Å². The van der Waals surface area contributed by atoms with Crippen molar-refractivity contribution in [3.63, 3.8) is 0 Å². The van der Waals surface area contributed by atoms with Gasteiger partial charge < -0.3 is 39.7 Å². The van der Waals surface area contributed by atoms with Crippen LogP contribution in [0.4, 0.5) is 0 Å². The van der Waals surface area contributed by atoms with Gasteiger partial charge in [0.25, 0.3) is 5.79 Å². The number of carboxylic acids is 5. The first-order chi connectivity index (χ1) is 30.1. The van der Waals surface area contributed by atoms with Crippen molar-refractivity contribution in [2.45, 2.75) is 117 Å². The van der Waals surface area contributed by atoms with Crippen LogP contribution in [0.25, 0.3) is 0 Å². The van der Waals surface area contributed by atoms with E-state index >= 15 is 0 Å². The molecular weight excluding hydrogens is 833 g/mol. The van der Waals surface area contributed by atoms with Gasteiger partial charge in [-0.25, -0.2) is 14.4 Å². The molecule has 3 aromatic carbocycles. The van der Waals surface area contributed by atoms with Gasteiger partial charge in [0, 0.05) is 13.8 Å². The van der Waals surface area contributed by atoms with E-state index < -0.39 is 70.3 Å². The third-order valence-corrected chi connectivity index (χ3v) is 10.6. The number of rotatable bonds is 21. The fraction of sp³-hybridized carbons (Fsp3) is 0.458. The smallest absolute Gasteiger partial charge is 0.337 e. The summed E-state index contributed by atoms with van der Waals surface area (Å²) < 4.78 is 15.4. The average Bonchev–Trinajstić information content (AvgIpc) is 3.24. The number of carboxylic acid groups (broad SMARTS) is 5. The molecule has 1 unspecified atom stereocenters. The van der Waals surface area contributed by atoms with Crippen LogP contribution in [0, 0.1) is 16.7 Å². The summed E-state index contributed by atoms with van der Waals surface area (Å²) in [6.45, 7) is 8.91. The summed E-state index contributed by atoms with van der Waals surface area (Å²) in [5.41, 5.74) is -0.918. The highest BCUT2D eigenvalue weighted by molar-refractivity contribution is 6.02. The Labute approximate surface area is 372 Å². The summed E-state index contributed by atoms with van der Waals surface area (Å²) in [5, 5.41) is 45.7. The molecule has 0 bridgehead atoms. The largest absolute Gasteiger partial charge is 0.481 e. The van der Waals surface area contributed by atoms with Crippen molar-refractivity contribution >= 4 is 47.8 Å². The lowest BCUT2D eigenvalue weighted by Gasteiger charge is -2.40. The van der Waals surface area contributed by atoms with E-state index in [1.807, 2.05) is 20.8 Å². The van der Waals surface area contributed by atoms with Crippen molar-refractivity contribution in [2.24, 2.45) is 16.7 Å². The summed E-state index contributed by atoms with van der Waals surface area (Å²) >= 11 is 0. The Balaban J connectivity index is 0.000000335. The molecule has 1 saturated heterocycles. The maximum absolute atomic E-state index is 12.7. The molecular formula is C48H60O16. The van der Waals surface area contributed by atoms with Crippen LogP contribution in [0.3, 0.4) is 0 Å². The minimum atomic E-state index is -1.92. The predicted octanol–water partition coefficient (Wildman–Crippen LogP) is 8.12. The van der Waals surface area contributed by atoms with Gasteiger partial charge in [-0.3, -0.25) is 24.0 Å². The molecule has 5 N–H and O–H groups in total. The number of hydrogen-bond acceptors (Lipinski definition) is 11. The second-order valence-corrected chi connectivity index (χ2v) is 16.1. The monoisotopic (exact) mass is 892 g/mol. The van der Waals surface area contributed by atoms with E-state index in [9.17, 15) is 48.6 Å². The van der Waals surface area contributed by atoms with E-state index in [0.717, 1.165) is 24.8 Å². The summed E-state index contributed by atoms with van der Waals surface area (Å²) in [6, 6.07) is 18.9. The van der Waals surface area contributed by atoms with Crippen LogP contribution in [-0.2, 0) is 57.4 Å².